The first-order valence-corrected chi connectivity index (χ1v) is 7.87. The molecule has 2 saturated heterocycles. The van der Waals surface area contributed by atoms with E-state index < -0.39 is 12.1 Å². The lowest BCUT2D eigenvalue weighted by molar-refractivity contribution is -0.192. The number of fused-ring (bicyclic) bond motifs is 1. The van der Waals surface area contributed by atoms with E-state index in [4.69, 9.17) is 15.2 Å². The fourth-order valence-electron chi connectivity index (χ4n) is 3.05. The third-order valence-electron chi connectivity index (χ3n) is 4.35. The van der Waals surface area contributed by atoms with Gasteiger partial charge in [-0.3, -0.25) is 4.79 Å². The number of aromatic nitrogens is 1. The molecule has 0 unspecified atom stereocenters. The molecule has 1 aromatic heterocycles. The molecule has 2 fully saturated rings. The van der Waals surface area contributed by atoms with Gasteiger partial charge in [-0.25, -0.2) is 9.78 Å². The second-order valence-corrected chi connectivity index (χ2v) is 5.97. The van der Waals surface area contributed by atoms with Gasteiger partial charge >= 0.3 is 12.1 Å². The van der Waals surface area contributed by atoms with Gasteiger partial charge in [0, 0.05) is 38.3 Å². The Morgan fingerprint density at radius 1 is 1.38 bits per heavy atom. The van der Waals surface area contributed by atoms with Gasteiger partial charge in [-0.05, 0) is 19.1 Å². The standard InChI is InChI=1S/C14H16N4O.C2HF3O2/c1-2-17-7-11-8-18(9-12(11)14(17)19)13-4-3-10(5-15)6-16-13;3-2(4,5)1(6)7/h3-4,6,11-12H,2,7-9H2,1H3;(H,6,7)/t11-,12+;/m1./s1. The third-order valence-corrected chi connectivity index (χ3v) is 4.35. The zero-order valence-electron chi connectivity index (χ0n) is 13.9. The summed E-state index contributed by atoms with van der Waals surface area (Å²) in [6.45, 7) is 5.33. The van der Waals surface area contributed by atoms with Crippen molar-refractivity contribution in [1.82, 2.24) is 9.88 Å². The molecule has 26 heavy (non-hydrogen) atoms. The fourth-order valence-corrected chi connectivity index (χ4v) is 3.05. The summed E-state index contributed by atoms with van der Waals surface area (Å²) in [4.78, 5) is 29.4. The Balaban J connectivity index is 0.000000298. The summed E-state index contributed by atoms with van der Waals surface area (Å²) in [5, 5.41) is 15.9. The Bertz CT molecular complexity index is 715. The van der Waals surface area contributed by atoms with Crippen LogP contribution in [0, 0.1) is 23.2 Å². The number of carbonyl (C=O) groups is 2. The van der Waals surface area contributed by atoms with Crippen LogP contribution in [0.4, 0.5) is 19.0 Å². The predicted molar refractivity (Wildman–Crippen MR) is 84.1 cm³/mol. The molecule has 2 aliphatic heterocycles. The van der Waals surface area contributed by atoms with Gasteiger partial charge in [0.1, 0.15) is 11.9 Å². The number of pyridine rings is 1. The number of hydrogen-bond acceptors (Lipinski definition) is 5. The monoisotopic (exact) mass is 370 g/mol. The van der Waals surface area contributed by atoms with Crippen LogP contribution in [0.25, 0.3) is 0 Å². The molecule has 3 rings (SSSR count). The number of hydrogen-bond donors (Lipinski definition) is 1. The Hall–Kier alpha value is -2.83. The molecule has 0 aliphatic carbocycles. The molecule has 0 saturated carbocycles. The van der Waals surface area contributed by atoms with Crippen LogP contribution in [-0.4, -0.2) is 59.2 Å². The predicted octanol–water partition coefficient (Wildman–Crippen LogP) is 1.50. The van der Waals surface area contributed by atoms with E-state index in [1.807, 2.05) is 17.9 Å². The number of carbonyl (C=O) groups excluding carboxylic acids is 1. The summed E-state index contributed by atoms with van der Waals surface area (Å²) < 4.78 is 31.7. The van der Waals surface area contributed by atoms with Crippen LogP contribution in [0.5, 0.6) is 0 Å². The Labute approximate surface area is 147 Å². The van der Waals surface area contributed by atoms with Crippen molar-refractivity contribution in [2.45, 2.75) is 13.1 Å². The molecule has 3 heterocycles. The molecule has 0 aromatic carbocycles. The van der Waals surface area contributed by atoms with E-state index in [0.717, 1.165) is 32.0 Å². The summed E-state index contributed by atoms with van der Waals surface area (Å²) in [7, 11) is 0. The highest BCUT2D eigenvalue weighted by Crippen LogP contribution is 2.33. The molecule has 140 valence electrons. The molecule has 2 atom stereocenters. The van der Waals surface area contributed by atoms with Crippen LogP contribution < -0.4 is 4.90 Å². The van der Waals surface area contributed by atoms with Crippen molar-refractivity contribution in [1.29, 1.82) is 5.26 Å². The van der Waals surface area contributed by atoms with E-state index in [2.05, 4.69) is 16.0 Å². The van der Waals surface area contributed by atoms with Gasteiger partial charge in [-0.1, -0.05) is 0 Å². The highest BCUT2D eigenvalue weighted by molar-refractivity contribution is 5.83. The zero-order valence-corrected chi connectivity index (χ0v) is 13.9. The number of alkyl halides is 3. The SMILES string of the molecule is CCN1C[C@@H]2CN(c3ccc(C#N)cn3)C[C@@H]2C1=O.O=C(O)C(F)(F)F. The van der Waals surface area contributed by atoms with Crippen LogP contribution in [-0.2, 0) is 9.59 Å². The third kappa shape index (κ3) is 4.22. The average molecular weight is 370 g/mol. The maximum absolute atomic E-state index is 12.1. The van der Waals surface area contributed by atoms with Crippen molar-refractivity contribution in [3.8, 4) is 6.07 Å². The summed E-state index contributed by atoms with van der Waals surface area (Å²) >= 11 is 0. The maximum Gasteiger partial charge on any atom is 0.490 e. The highest BCUT2D eigenvalue weighted by atomic mass is 19.4. The first-order valence-electron chi connectivity index (χ1n) is 7.87. The number of carboxylic acids is 1. The van der Waals surface area contributed by atoms with Gasteiger partial charge in [-0.15, -0.1) is 0 Å². The lowest BCUT2D eigenvalue weighted by Crippen LogP contribution is -2.32. The van der Waals surface area contributed by atoms with Crippen LogP contribution in [0.15, 0.2) is 18.3 Å². The largest absolute Gasteiger partial charge is 0.490 e. The molecule has 0 spiro atoms. The van der Waals surface area contributed by atoms with E-state index >= 15 is 0 Å². The normalized spacial score (nSPS) is 21.7. The summed E-state index contributed by atoms with van der Waals surface area (Å²) in [6, 6.07) is 5.70. The Morgan fingerprint density at radius 3 is 2.46 bits per heavy atom. The lowest BCUT2D eigenvalue weighted by Gasteiger charge is -2.21. The zero-order chi connectivity index (χ0) is 19.5. The van der Waals surface area contributed by atoms with Crippen LogP contribution in [0.2, 0.25) is 0 Å². The quantitative estimate of drug-likeness (QED) is 0.847. The van der Waals surface area contributed by atoms with E-state index in [1.54, 1.807) is 12.3 Å². The number of carboxylic acid groups (broad SMARTS) is 1. The summed E-state index contributed by atoms with van der Waals surface area (Å²) in [5.41, 5.74) is 0.566. The molecule has 2 aliphatic rings. The van der Waals surface area contributed by atoms with E-state index in [-0.39, 0.29) is 11.8 Å². The molecule has 1 N–H and O–H groups in total. The smallest absolute Gasteiger partial charge is 0.475 e. The number of amides is 1. The second-order valence-electron chi connectivity index (χ2n) is 5.97. The van der Waals surface area contributed by atoms with Gasteiger partial charge in [0.05, 0.1) is 11.5 Å². The first-order chi connectivity index (χ1) is 12.2. The van der Waals surface area contributed by atoms with Gasteiger partial charge in [-0.2, -0.15) is 18.4 Å². The average Bonchev–Trinajstić information content (AvgIpc) is 3.14. The van der Waals surface area contributed by atoms with E-state index in [9.17, 15) is 18.0 Å². The van der Waals surface area contributed by atoms with E-state index in [1.165, 1.54) is 0 Å². The van der Waals surface area contributed by atoms with Crippen molar-refractivity contribution >= 4 is 17.7 Å². The number of halogens is 3. The highest BCUT2D eigenvalue weighted by Gasteiger charge is 2.45. The van der Waals surface area contributed by atoms with Crippen molar-refractivity contribution in [2.75, 3.05) is 31.1 Å². The molecular weight excluding hydrogens is 353 g/mol. The van der Waals surface area contributed by atoms with E-state index in [0.29, 0.717) is 11.5 Å². The van der Waals surface area contributed by atoms with Gasteiger partial charge < -0.3 is 14.9 Å². The topological polar surface area (TPSA) is 97.5 Å². The summed E-state index contributed by atoms with van der Waals surface area (Å²) in [5.74, 6) is -1.07. The molecule has 1 amide bonds. The van der Waals surface area contributed by atoms with Gasteiger partial charge in [0.2, 0.25) is 5.91 Å². The molecule has 0 bridgehead atoms. The number of nitriles is 1. The number of rotatable bonds is 2. The van der Waals surface area contributed by atoms with Crippen LogP contribution >= 0.6 is 0 Å². The van der Waals surface area contributed by atoms with Crippen molar-refractivity contribution in [3.05, 3.63) is 23.9 Å². The molecule has 0 radical (unpaired) electrons. The van der Waals surface area contributed by atoms with Crippen molar-refractivity contribution in [2.24, 2.45) is 11.8 Å². The Morgan fingerprint density at radius 2 is 2.04 bits per heavy atom. The van der Waals surface area contributed by atoms with Crippen LogP contribution in [0.3, 0.4) is 0 Å². The number of anilines is 1. The molecule has 10 heteroatoms. The molecule has 1 aromatic rings. The van der Waals surface area contributed by atoms with Gasteiger partial charge in [0.15, 0.2) is 0 Å². The lowest BCUT2D eigenvalue weighted by atomic mass is 10.0. The minimum Gasteiger partial charge on any atom is -0.475 e. The second kappa shape index (κ2) is 7.59. The summed E-state index contributed by atoms with van der Waals surface area (Å²) in [6.07, 6.45) is -3.50. The molecule has 7 nitrogen and oxygen atoms in total. The first kappa shape index (κ1) is 19.5. The van der Waals surface area contributed by atoms with Crippen molar-refractivity contribution < 1.29 is 27.9 Å². The van der Waals surface area contributed by atoms with Crippen molar-refractivity contribution in [3.63, 3.8) is 0 Å². The molecular formula is C16H17F3N4O3. The Kier molecular flexibility index (Phi) is 5.69. The number of nitrogens with zero attached hydrogens (tertiary/aromatic N) is 4. The number of likely N-dealkylation sites (tertiary alicyclic amines) is 1. The maximum atomic E-state index is 12.1. The van der Waals surface area contributed by atoms with Gasteiger partial charge in [0.25, 0.3) is 0 Å². The number of aliphatic carboxylic acids is 1. The fraction of sp³-hybridized carbons (Fsp3) is 0.500. The minimum atomic E-state index is -5.08. The van der Waals surface area contributed by atoms with Crippen LogP contribution in [0.1, 0.15) is 12.5 Å². The minimum absolute atomic E-state index is 0.123.